The average molecular weight is 832 g/mol. The number of nitrogens with one attached hydrogen (secondary N) is 3. The lowest BCUT2D eigenvalue weighted by Crippen LogP contribution is -2.59. The second kappa shape index (κ2) is 17.9. The molecule has 6 amide bonds. The number of sulfone groups is 1. The summed E-state index contributed by atoms with van der Waals surface area (Å²) in [5, 5.41) is 10.5. The molecule has 2 aromatic rings. The molecule has 16 nitrogen and oxygen atoms in total. The summed E-state index contributed by atoms with van der Waals surface area (Å²) in [6.07, 6.45) is 5.18. The molecule has 0 radical (unpaired) electrons. The largest absolute Gasteiger partial charge is 0.345 e. The van der Waals surface area contributed by atoms with E-state index in [0.29, 0.717) is 50.1 Å². The number of hydrogen-bond donors (Lipinski definition) is 3. The molecule has 2 bridgehead atoms. The monoisotopic (exact) mass is 831 g/mol. The quantitative estimate of drug-likeness (QED) is 0.332. The highest BCUT2D eigenvalue weighted by Crippen LogP contribution is 2.29. The second-order valence-corrected chi connectivity index (χ2v) is 19.7. The van der Waals surface area contributed by atoms with Crippen molar-refractivity contribution in [3.8, 4) is 0 Å². The summed E-state index contributed by atoms with van der Waals surface area (Å²) in [4.78, 5) is 93.4. The van der Waals surface area contributed by atoms with Crippen molar-refractivity contribution in [2.45, 2.75) is 94.0 Å². The number of hydrogen-bond acceptors (Lipinski definition) is 11. The van der Waals surface area contributed by atoms with Crippen molar-refractivity contribution < 1.29 is 41.4 Å². The van der Waals surface area contributed by atoms with E-state index in [1.165, 1.54) is 26.3 Å². The molecule has 3 saturated heterocycles. The third-order valence-electron chi connectivity index (χ3n) is 10.8. The van der Waals surface area contributed by atoms with Gasteiger partial charge in [0.05, 0.1) is 11.8 Å². The first-order valence-corrected chi connectivity index (χ1v) is 23.7. The number of amides is 6. The van der Waals surface area contributed by atoms with Gasteiger partial charge in [0, 0.05) is 54.1 Å². The number of rotatable bonds is 8. The minimum Gasteiger partial charge on any atom is -0.345 e. The highest BCUT2D eigenvalue weighted by Gasteiger charge is 2.45. The van der Waals surface area contributed by atoms with Gasteiger partial charge in [0.15, 0.2) is 0 Å². The molecule has 56 heavy (non-hydrogen) atoms. The molecule has 4 aliphatic heterocycles. The van der Waals surface area contributed by atoms with Gasteiger partial charge in [-0.15, -0.1) is 11.3 Å². The maximum Gasteiger partial charge on any atom is 0.271 e. The van der Waals surface area contributed by atoms with Crippen molar-refractivity contribution in [3.63, 3.8) is 0 Å². The van der Waals surface area contributed by atoms with E-state index < -0.39 is 92.2 Å². The van der Waals surface area contributed by atoms with E-state index in [0.717, 1.165) is 23.2 Å². The average Bonchev–Trinajstić information content (AvgIpc) is 4.00. The van der Waals surface area contributed by atoms with Crippen LogP contribution in [0.15, 0.2) is 35.7 Å². The maximum atomic E-state index is 14.3. The predicted molar refractivity (Wildman–Crippen MR) is 208 cm³/mol. The number of nitrogens with zero attached hydrogens (tertiary/aromatic N) is 4. The van der Waals surface area contributed by atoms with Crippen LogP contribution in [0.5, 0.6) is 0 Å². The van der Waals surface area contributed by atoms with Crippen LogP contribution in [0.4, 0.5) is 0 Å². The third kappa shape index (κ3) is 9.82. The maximum absolute atomic E-state index is 14.3. The smallest absolute Gasteiger partial charge is 0.271 e. The van der Waals surface area contributed by atoms with Crippen LogP contribution in [0.2, 0.25) is 0 Å². The Morgan fingerprint density at radius 1 is 0.750 bits per heavy atom. The van der Waals surface area contributed by atoms with Crippen LogP contribution < -0.4 is 16.0 Å². The molecule has 3 fully saturated rings. The van der Waals surface area contributed by atoms with Crippen LogP contribution in [-0.2, 0) is 51.0 Å². The van der Waals surface area contributed by atoms with Gasteiger partial charge >= 0.3 is 0 Å². The molecule has 4 aliphatic rings. The summed E-state index contributed by atoms with van der Waals surface area (Å²) in [5.41, 5.74) is 0.852. The van der Waals surface area contributed by atoms with Crippen LogP contribution in [0, 0.1) is 0 Å². The summed E-state index contributed by atoms with van der Waals surface area (Å²) in [5.74, 6) is -3.61. The van der Waals surface area contributed by atoms with Crippen molar-refractivity contribution in [3.05, 3.63) is 52.0 Å². The van der Waals surface area contributed by atoms with Gasteiger partial charge < -0.3 is 30.7 Å². The fraction of sp³-hybridized carbons (Fsp3) is 0.595. The molecular formula is C37H49N7O9S3. The number of thiazole rings is 1. The zero-order valence-electron chi connectivity index (χ0n) is 31.5. The van der Waals surface area contributed by atoms with E-state index in [-0.39, 0.29) is 49.7 Å². The standard InChI is InChI=1S/C37H49N7O9S3/c1-55(51)19-14-24-35(48)44-18-8-13-30(44)37(50)43-17-7-12-29(43)33(47)40-26(21-23-9-4-3-5-10-23)34-41-27(22-54-34)31(45)38-25(15-20-56(2,52)53)36(49)42-16-6-11-28(42)32(46)39-24/h3-5,9-10,22,24-26,28-30H,6-8,11-21H2,1-2H3,(H,38,45)(H,39,46)(H,40,47)/t24-,25-,26?,28-,29-,30-,55?/m0/s1. The lowest BCUT2D eigenvalue weighted by Gasteiger charge is -2.34. The SMILES string of the molecule is CS(=O)CC[C@@H]1NC(=O)[C@@H]2CCCN2C(=O)[C@H](CCS(C)(=O)=O)NC(=O)c2csc(n2)C(Cc2ccccc2)NC(=O)[C@@H]2CCCN2C(=O)[C@@H]2CCCN2C1=O. The molecule has 5 heterocycles. The molecular weight excluding hydrogens is 783 g/mol. The lowest BCUT2D eigenvalue weighted by molar-refractivity contribution is -0.148. The molecule has 0 aliphatic carbocycles. The Kier molecular flexibility index (Phi) is 13.3. The van der Waals surface area contributed by atoms with Crippen molar-refractivity contribution in [2.24, 2.45) is 0 Å². The zero-order chi connectivity index (χ0) is 40.1. The van der Waals surface area contributed by atoms with E-state index >= 15 is 0 Å². The minimum atomic E-state index is -3.56. The van der Waals surface area contributed by atoms with Crippen LogP contribution in [0.3, 0.4) is 0 Å². The Morgan fingerprint density at radius 3 is 1.88 bits per heavy atom. The van der Waals surface area contributed by atoms with E-state index in [4.69, 9.17) is 0 Å². The minimum absolute atomic E-state index is 0.0197. The summed E-state index contributed by atoms with van der Waals surface area (Å²) in [7, 11) is -4.88. The summed E-state index contributed by atoms with van der Waals surface area (Å²) in [6, 6.07) is 3.53. The first kappa shape index (κ1) is 41.4. The first-order valence-electron chi connectivity index (χ1n) is 19.0. The van der Waals surface area contributed by atoms with Crippen molar-refractivity contribution in [1.82, 2.24) is 35.6 Å². The number of benzene rings is 1. The van der Waals surface area contributed by atoms with E-state index in [9.17, 15) is 41.4 Å². The molecule has 3 N–H and O–H groups in total. The second-order valence-electron chi connectivity index (χ2n) is 15.0. The van der Waals surface area contributed by atoms with E-state index in [1.54, 1.807) is 0 Å². The normalized spacial score (nSPS) is 27.5. The fourth-order valence-corrected chi connectivity index (χ4v) is 10.1. The van der Waals surface area contributed by atoms with Crippen LogP contribution in [0.25, 0.3) is 0 Å². The molecule has 2 unspecified atom stereocenters. The topological polar surface area (TPSA) is 212 Å². The van der Waals surface area contributed by atoms with Crippen molar-refractivity contribution in [1.29, 1.82) is 0 Å². The summed E-state index contributed by atoms with van der Waals surface area (Å²) in [6.45, 7) is 0.728. The molecule has 7 atom stereocenters. The number of aromatic nitrogens is 1. The Hall–Kier alpha value is -4.23. The number of fused-ring (bicyclic) bond motifs is 5. The zero-order valence-corrected chi connectivity index (χ0v) is 34.0. The highest BCUT2D eigenvalue weighted by atomic mass is 32.2. The highest BCUT2D eigenvalue weighted by molar-refractivity contribution is 7.90. The molecule has 0 saturated carbocycles. The number of carbonyl (C=O) groups excluding carboxylic acids is 6. The van der Waals surface area contributed by atoms with Gasteiger partial charge in [-0.05, 0) is 63.4 Å². The first-order chi connectivity index (χ1) is 26.7. The van der Waals surface area contributed by atoms with Gasteiger partial charge in [0.25, 0.3) is 5.91 Å². The van der Waals surface area contributed by atoms with Crippen LogP contribution in [0.1, 0.15) is 78.5 Å². The Balaban J connectivity index is 1.38. The van der Waals surface area contributed by atoms with Crippen LogP contribution >= 0.6 is 11.3 Å². The van der Waals surface area contributed by atoms with Gasteiger partial charge in [0.1, 0.15) is 50.7 Å². The van der Waals surface area contributed by atoms with Gasteiger partial charge in [0.2, 0.25) is 29.5 Å². The van der Waals surface area contributed by atoms with E-state index in [2.05, 4.69) is 20.9 Å². The molecule has 1 aromatic carbocycles. The Bertz CT molecular complexity index is 1960. The fourth-order valence-electron chi connectivity index (χ4n) is 7.99. The Labute approximate surface area is 332 Å². The van der Waals surface area contributed by atoms with Crippen molar-refractivity contribution >= 4 is 67.4 Å². The molecule has 19 heteroatoms. The predicted octanol–water partition coefficient (Wildman–Crippen LogP) is 0.316. The van der Waals surface area contributed by atoms with Gasteiger partial charge in [-0.2, -0.15) is 0 Å². The number of carbonyl (C=O) groups is 6. The van der Waals surface area contributed by atoms with Gasteiger partial charge in [-0.1, -0.05) is 30.3 Å². The summed E-state index contributed by atoms with van der Waals surface area (Å²) >= 11 is 1.14. The van der Waals surface area contributed by atoms with Gasteiger partial charge in [-0.3, -0.25) is 33.0 Å². The van der Waals surface area contributed by atoms with Crippen molar-refractivity contribution in [2.75, 3.05) is 43.7 Å². The summed E-state index contributed by atoms with van der Waals surface area (Å²) < 4.78 is 36.7. The van der Waals surface area contributed by atoms with E-state index in [1.807, 2.05) is 30.3 Å². The molecule has 0 spiro atoms. The van der Waals surface area contributed by atoms with Gasteiger partial charge in [-0.25, -0.2) is 13.4 Å². The lowest BCUT2D eigenvalue weighted by atomic mass is 10.1. The molecule has 304 valence electrons. The molecule has 6 rings (SSSR count). The molecule has 1 aromatic heterocycles. The Morgan fingerprint density at radius 2 is 1.29 bits per heavy atom. The van der Waals surface area contributed by atoms with Crippen LogP contribution in [-0.4, -0.2) is 142 Å². The third-order valence-corrected chi connectivity index (χ3v) is 13.6.